The number of anilines is 1. The van der Waals surface area contributed by atoms with Gasteiger partial charge in [-0.15, -0.1) is 0 Å². The van der Waals surface area contributed by atoms with Crippen molar-refractivity contribution < 1.29 is 18.0 Å². The number of alkyl halides is 3. The second kappa shape index (κ2) is 7.68. The maximum atomic E-state index is 12.5. The minimum atomic E-state index is -4.39. The van der Waals surface area contributed by atoms with Crippen molar-refractivity contribution in [2.24, 2.45) is 0 Å². The maximum Gasteiger partial charge on any atom is 0.416 e. The summed E-state index contributed by atoms with van der Waals surface area (Å²) in [7, 11) is 1.78. The van der Waals surface area contributed by atoms with E-state index in [0.717, 1.165) is 17.7 Å². The molecule has 0 unspecified atom stereocenters. The zero-order valence-corrected chi connectivity index (χ0v) is 13.7. The van der Waals surface area contributed by atoms with Gasteiger partial charge in [-0.2, -0.15) is 13.2 Å². The molecule has 128 valence electrons. The molecule has 0 aliphatic carbocycles. The lowest BCUT2D eigenvalue weighted by Crippen LogP contribution is -2.29. The van der Waals surface area contributed by atoms with Gasteiger partial charge in [-0.3, -0.25) is 9.69 Å². The fourth-order valence-corrected chi connectivity index (χ4v) is 2.27. The molecule has 2 rings (SSSR count). The van der Waals surface area contributed by atoms with Crippen LogP contribution < -0.4 is 5.32 Å². The lowest BCUT2D eigenvalue weighted by atomic mass is 10.2. The van der Waals surface area contributed by atoms with E-state index in [2.05, 4.69) is 5.32 Å². The first-order valence-electron chi connectivity index (χ1n) is 7.14. The molecule has 1 amide bonds. The van der Waals surface area contributed by atoms with E-state index in [4.69, 9.17) is 11.6 Å². The number of rotatable bonds is 5. The molecule has 0 saturated heterocycles. The van der Waals surface area contributed by atoms with Crippen molar-refractivity contribution in [3.8, 4) is 0 Å². The van der Waals surface area contributed by atoms with Crippen LogP contribution in [0.2, 0.25) is 5.02 Å². The number of likely N-dealkylation sites (N-methyl/N-ethyl adjacent to an activating group) is 1. The average Bonchev–Trinajstić information content (AvgIpc) is 2.49. The molecule has 7 heteroatoms. The summed E-state index contributed by atoms with van der Waals surface area (Å²) in [6, 6.07) is 11.6. The number of hydrogen-bond acceptors (Lipinski definition) is 2. The molecule has 0 aromatic heterocycles. The van der Waals surface area contributed by atoms with Gasteiger partial charge in [0.05, 0.1) is 12.1 Å². The number of hydrogen-bond donors (Lipinski definition) is 1. The molecule has 0 heterocycles. The van der Waals surface area contributed by atoms with Crippen LogP contribution in [0.15, 0.2) is 48.5 Å². The first-order chi connectivity index (χ1) is 11.2. The fraction of sp³-hybridized carbons (Fsp3) is 0.235. The summed E-state index contributed by atoms with van der Waals surface area (Å²) < 4.78 is 37.5. The molecule has 0 aliphatic rings. The van der Waals surface area contributed by atoms with Crippen LogP contribution in [0.5, 0.6) is 0 Å². The van der Waals surface area contributed by atoms with E-state index in [1.807, 2.05) is 12.1 Å². The highest BCUT2D eigenvalue weighted by Gasteiger charge is 2.29. The van der Waals surface area contributed by atoms with Gasteiger partial charge < -0.3 is 5.32 Å². The molecule has 24 heavy (non-hydrogen) atoms. The quantitative estimate of drug-likeness (QED) is 0.859. The Balaban J connectivity index is 1.87. The molecular formula is C17H16ClF3N2O. The highest BCUT2D eigenvalue weighted by Crippen LogP contribution is 2.29. The average molecular weight is 357 g/mol. The van der Waals surface area contributed by atoms with Crippen LogP contribution in [0.1, 0.15) is 11.1 Å². The van der Waals surface area contributed by atoms with Gasteiger partial charge in [-0.05, 0) is 49.0 Å². The normalized spacial score (nSPS) is 11.6. The number of benzene rings is 2. The van der Waals surface area contributed by atoms with Gasteiger partial charge in [0, 0.05) is 17.3 Å². The summed E-state index contributed by atoms with van der Waals surface area (Å²) in [5, 5.41) is 3.22. The number of halogens is 4. The summed E-state index contributed by atoms with van der Waals surface area (Å²) in [4.78, 5) is 13.7. The lowest BCUT2D eigenvalue weighted by Gasteiger charge is -2.16. The van der Waals surface area contributed by atoms with E-state index in [0.29, 0.717) is 17.3 Å². The summed E-state index contributed by atoms with van der Waals surface area (Å²) in [5.41, 5.74) is 0.581. The van der Waals surface area contributed by atoms with Crippen LogP contribution in [0, 0.1) is 0 Å². The predicted octanol–water partition coefficient (Wildman–Crippen LogP) is 4.43. The first kappa shape index (κ1) is 18.3. The van der Waals surface area contributed by atoms with Crippen molar-refractivity contribution in [1.82, 2.24) is 4.90 Å². The number of carbonyl (C=O) groups excluding carboxylic acids is 1. The van der Waals surface area contributed by atoms with Crippen molar-refractivity contribution in [3.63, 3.8) is 0 Å². The van der Waals surface area contributed by atoms with Gasteiger partial charge in [-0.1, -0.05) is 23.7 Å². The Labute approximate surface area is 143 Å². The highest BCUT2D eigenvalue weighted by molar-refractivity contribution is 6.30. The lowest BCUT2D eigenvalue weighted by molar-refractivity contribution is -0.137. The topological polar surface area (TPSA) is 32.3 Å². The number of amides is 1. The molecule has 0 bridgehead atoms. The highest BCUT2D eigenvalue weighted by atomic mass is 35.5. The molecule has 2 aromatic rings. The minimum absolute atomic E-state index is 0.115. The largest absolute Gasteiger partial charge is 0.416 e. The van der Waals surface area contributed by atoms with Crippen molar-refractivity contribution >= 4 is 23.2 Å². The molecule has 0 atom stereocenters. The third kappa shape index (κ3) is 5.54. The van der Waals surface area contributed by atoms with Crippen LogP contribution in [-0.2, 0) is 17.5 Å². The van der Waals surface area contributed by atoms with Crippen LogP contribution in [0.4, 0.5) is 18.9 Å². The molecule has 3 nitrogen and oxygen atoms in total. The number of nitrogens with one attached hydrogen (secondary N) is 1. The molecule has 0 saturated carbocycles. The monoisotopic (exact) mass is 356 g/mol. The Morgan fingerprint density at radius 3 is 2.21 bits per heavy atom. The summed E-state index contributed by atoms with van der Waals surface area (Å²) in [5.74, 6) is -0.300. The Morgan fingerprint density at radius 2 is 1.67 bits per heavy atom. The van der Waals surface area contributed by atoms with Gasteiger partial charge in [0.25, 0.3) is 0 Å². The smallest absolute Gasteiger partial charge is 0.325 e. The van der Waals surface area contributed by atoms with Crippen molar-refractivity contribution in [2.75, 3.05) is 18.9 Å². The van der Waals surface area contributed by atoms with Gasteiger partial charge in [0.15, 0.2) is 0 Å². The molecule has 0 fully saturated rings. The van der Waals surface area contributed by atoms with E-state index in [9.17, 15) is 18.0 Å². The fourth-order valence-electron chi connectivity index (χ4n) is 2.15. The zero-order valence-electron chi connectivity index (χ0n) is 12.9. The van der Waals surface area contributed by atoms with Crippen molar-refractivity contribution in [2.45, 2.75) is 12.7 Å². The Bertz CT molecular complexity index is 684. The summed E-state index contributed by atoms with van der Waals surface area (Å²) in [6.07, 6.45) is -4.39. The second-order valence-electron chi connectivity index (χ2n) is 5.42. The van der Waals surface area contributed by atoms with Crippen LogP contribution >= 0.6 is 11.6 Å². The Morgan fingerprint density at radius 1 is 1.08 bits per heavy atom. The Hall–Kier alpha value is -2.05. The zero-order chi connectivity index (χ0) is 17.7. The maximum absolute atomic E-state index is 12.5. The van der Waals surface area contributed by atoms with E-state index >= 15 is 0 Å². The molecular weight excluding hydrogens is 341 g/mol. The van der Waals surface area contributed by atoms with E-state index < -0.39 is 11.7 Å². The van der Waals surface area contributed by atoms with Gasteiger partial charge >= 0.3 is 6.18 Å². The molecule has 0 aliphatic heterocycles. The number of carbonyl (C=O) groups is 1. The van der Waals surface area contributed by atoms with Crippen molar-refractivity contribution in [3.05, 3.63) is 64.7 Å². The van der Waals surface area contributed by atoms with Crippen molar-refractivity contribution in [1.29, 1.82) is 0 Å². The SMILES string of the molecule is CN(CC(=O)Nc1ccc(C(F)(F)F)cc1)Cc1ccc(Cl)cc1. The van der Waals surface area contributed by atoms with Crippen LogP contribution in [0.25, 0.3) is 0 Å². The van der Waals surface area contributed by atoms with Gasteiger partial charge in [0.2, 0.25) is 5.91 Å². The van der Waals surface area contributed by atoms with Gasteiger partial charge in [0.1, 0.15) is 0 Å². The molecule has 0 radical (unpaired) electrons. The van der Waals surface area contributed by atoms with E-state index in [-0.39, 0.29) is 12.5 Å². The summed E-state index contributed by atoms with van der Waals surface area (Å²) in [6.45, 7) is 0.668. The third-order valence-corrected chi connectivity index (χ3v) is 3.53. The first-order valence-corrected chi connectivity index (χ1v) is 7.52. The predicted molar refractivity (Wildman–Crippen MR) is 87.9 cm³/mol. The third-order valence-electron chi connectivity index (χ3n) is 3.28. The number of nitrogens with zero attached hydrogens (tertiary/aromatic N) is 1. The summed E-state index contributed by atoms with van der Waals surface area (Å²) >= 11 is 5.81. The molecule has 2 aromatic carbocycles. The second-order valence-corrected chi connectivity index (χ2v) is 5.86. The molecule has 0 spiro atoms. The molecule has 1 N–H and O–H groups in total. The van der Waals surface area contributed by atoms with Gasteiger partial charge in [-0.25, -0.2) is 0 Å². The van der Waals surface area contributed by atoms with E-state index in [1.54, 1.807) is 24.1 Å². The van der Waals surface area contributed by atoms with Crippen LogP contribution in [0.3, 0.4) is 0 Å². The minimum Gasteiger partial charge on any atom is -0.325 e. The van der Waals surface area contributed by atoms with E-state index in [1.165, 1.54) is 12.1 Å². The van der Waals surface area contributed by atoms with Crippen LogP contribution in [-0.4, -0.2) is 24.4 Å². The standard InChI is InChI=1S/C17H16ClF3N2O/c1-23(10-12-2-6-14(18)7-3-12)11-16(24)22-15-8-4-13(5-9-15)17(19,20)21/h2-9H,10-11H2,1H3,(H,22,24). The Kier molecular flexibility index (Phi) is 5.85.